The molecule has 4 aliphatic rings. The first-order valence-electron chi connectivity index (χ1n) is 11.6. The molecule has 3 aliphatic carbocycles. The molecule has 2 nitrogen and oxygen atoms in total. The van der Waals surface area contributed by atoms with Crippen molar-refractivity contribution in [3.05, 3.63) is 0 Å². The average molecular weight is 360 g/mol. The predicted octanol–water partition coefficient (Wildman–Crippen LogP) is 5.90. The number of hydrogen-bond acceptors (Lipinski definition) is 1. The average Bonchev–Trinajstić information content (AvgIpc) is 2.95. The highest BCUT2D eigenvalue weighted by molar-refractivity contribution is 5.77. The lowest BCUT2D eigenvalue weighted by Gasteiger charge is -2.63. The Balaban J connectivity index is 1.62. The summed E-state index contributed by atoms with van der Waals surface area (Å²) >= 11 is 0. The van der Waals surface area contributed by atoms with Gasteiger partial charge in [0.05, 0.1) is 0 Å². The second-order valence-corrected chi connectivity index (χ2v) is 11.0. The Morgan fingerprint density at radius 1 is 1.08 bits per heavy atom. The molecule has 1 saturated heterocycles. The molecule has 4 rings (SSSR count). The minimum atomic E-state index is 0.364. The number of likely N-dealkylation sites (tertiary alicyclic amines) is 1. The predicted molar refractivity (Wildman–Crippen MR) is 108 cm³/mol. The summed E-state index contributed by atoms with van der Waals surface area (Å²) in [6.45, 7) is 10.1. The van der Waals surface area contributed by atoms with Crippen LogP contribution in [0, 0.1) is 40.4 Å². The number of nitrogens with zero attached hydrogens (tertiary/aromatic N) is 1. The Hall–Kier alpha value is -0.530. The Morgan fingerprint density at radius 2 is 1.81 bits per heavy atom. The van der Waals surface area contributed by atoms with Crippen LogP contribution in [0.4, 0.5) is 0 Å². The molecular weight excluding hydrogens is 318 g/mol. The van der Waals surface area contributed by atoms with Gasteiger partial charge in [-0.3, -0.25) is 4.79 Å². The van der Waals surface area contributed by atoms with Crippen molar-refractivity contribution in [2.75, 3.05) is 7.05 Å². The molecule has 0 aromatic heterocycles. The zero-order chi connectivity index (χ0) is 18.7. The van der Waals surface area contributed by atoms with Crippen molar-refractivity contribution in [1.82, 2.24) is 4.90 Å². The van der Waals surface area contributed by atoms with Crippen LogP contribution in [0.5, 0.6) is 0 Å². The second-order valence-electron chi connectivity index (χ2n) is 11.0. The number of unbranched alkanes of at least 4 members (excludes halogenated alkanes) is 1. The van der Waals surface area contributed by atoms with Gasteiger partial charge in [-0.15, -0.1) is 0 Å². The monoisotopic (exact) mass is 359 g/mol. The van der Waals surface area contributed by atoms with E-state index in [1.165, 1.54) is 51.4 Å². The normalized spacial score (nSPS) is 51.0. The summed E-state index contributed by atoms with van der Waals surface area (Å²) in [5, 5.41) is 0. The van der Waals surface area contributed by atoms with Gasteiger partial charge in [-0.25, -0.2) is 0 Å². The van der Waals surface area contributed by atoms with Crippen molar-refractivity contribution < 1.29 is 4.79 Å². The molecular formula is C24H41NO. The van der Waals surface area contributed by atoms with Crippen molar-refractivity contribution in [1.29, 1.82) is 0 Å². The van der Waals surface area contributed by atoms with E-state index in [0.29, 0.717) is 22.8 Å². The van der Waals surface area contributed by atoms with Gasteiger partial charge in [-0.1, -0.05) is 40.5 Å². The van der Waals surface area contributed by atoms with Crippen molar-refractivity contribution in [2.45, 2.75) is 97.9 Å². The van der Waals surface area contributed by atoms with Crippen molar-refractivity contribution in [2.24, 2.45) is 40.4 Å². The Bertz CT molecular complexity index is 558. The van der Waals surface area contributed by atoms with Crippen LogP contribution >= 0.6 is 0 Å². The zero-order valence-electron chi connectivity index (χ0n) is 17.9. The largest absolute Gasteiger partial charge is 0.342 e. The first-order chi connectivity index (χ1) is 12.3. The fraction of sp³-hybridized carbons (Fsp3) is 0.958. The molecule has 26 heavy (non-hydrogen) atoms. The molecule has 4 fully saturated rings. The molecule has 0 bridgehead atoms. The lowest BCUT2D eigenvalue weighted by atomic mass is 9.44. The van der Waals surface area contributed by atoms with Crippen LogP contribution in [0.3, 0.4) is 0 Å². The van der Waals surface area contributed by atoms with Gasteiger partial charge >= 0.3 is 0 Å². The minimum absolute atomic E-state index is 0.364. The standard InChI is InChI=1S/C24H41NO/c1-6-7-8-17-9-10-18-22-16(2)15-20-24(4,14-12-21(26)25(20)5)19(22)11-13-23(17,18)3/h16-20,22H,6-15H2,1-5H3/t16-,17-,18-,19-,20+,22-,23+,24+/m0/s1. The van der Waals surface area contributed by atoms with E-state index < -0.39 is 0 Å². The summed E-state index contributed by atoms with van der Waals surface area (Å²) in [6.07, 6.45) is 13.2. The topological polar surface area (TPSA) is 20.3 Å². The third-order valence-corrected chi connectivity index (χ3v) is 10.0. The van der Waals surface area contributed by atoms with Crippen LogP contribution in [-0.2, 0) is 4.79 Å². The maximum absolute atomic E-state index is 12.4. The molecule has 0 aromatic carbocycles. The summed E-state index contributed by atoms with van der Waals surface area (Å²) in [5.41, 5.74) is 0.965. The Labute approximate surface area is 161 Å². The number of carbonyl (C=O) groups excluding carboxylic acids is 1. The van der Waals surface area contributed by atoms with Crippen LogP contribution < -0.4 is 0 Å². The molecule has 0 radical (unpaired) electrons. The van der Waals surface area contributed by atoms with E-state index in [4.69, 9.17) is 0 Å². The van der Waals surface area contributed by atoms with Gasteiger partial charge in [-0.2, -0.15) is 0 Å². The van der Waals surface area contributed by atoms with E-state index in [-0.39, 0.29) is 0 Å². The Kier molecular flexibility index (Phi) is 4.72. The molecule has 1 amide bonds. The maximum atomic E-state index is 12.4. The first-order valence-corrected chi connectivity index (χ1v) is 11.6. The van der Waals surface area contributed by atoms with Gasteiger partial charge in [0.1, 0.15) is 0 Å². The summed E-state index contributed by atoms with van der Waals surface area (Å²) in [5.74, 6) is 4.83. The molecule has 0 unspecified atom stereocenters. The van der Waals surface area contributed by atoms with Crippen molar-refractivity contribution in [3.8, 4) is 0 Å². The van der Waals surface area contributed by atoms with Gasteiger partial charge in [-0.05, 0) is 85.4 Å². The molecule has 1 heterocycles. The SMILES string of the molecule is CCCC[C@H]1CC[C@H]2[C@@H]3[C@@H](C)C[C@H]4N(C)C(=O)CC[C@]4(C)[C@H]3CC[C@]12C. The molecule has 8 atom stereocenters. The number of piperidine rings is 1. The number of carbonyl (C=O) groups is 1. The highest BCUT2D eigenvalue weighted by Crippen LogP contribution is 2.67. The van der Waals surface area contributed by atoms with Crippen LogP contribution in [0.1, 0.15) is 91.9 Å². The molecule has 148 valence electrons. The van der Waals surface area contributed by atoms with E-state index in [0.717, 1.165) is 42.4 Å². The van der Waals surface area contributed by atoms with Crippen LogP contribution in [-0.4, -0.2) is 23.9 Å². The van der Waals surface area contributed by atoms with Gasteiger partial charge in [0.2, 0.25) is 5.91 Å². The number of fused-ring (bicyclic) bond motifs is 5. The molecule has 3 saturated carbocycles. The van der Waals surface area contributed by atoms with Gasteiger partial charge < -0.3 is 4.90 Å². The van der Waals surface area contributed by atoms with Crippen molar-refractivity contribution in [3.63, 3.8) is 0 Å². The van der Waals surface area contributed by atoms with Gasteiger partial charge in [0.15, 0.2) is 0 Å². The van der Waals surface area contributed by atoms with E-state index in [9.17, 15) is 4.79 Å². The fourth-order valence-electron chi connectivity index (χ4n) is 8.50. The number of amides is 1. The third-order valence-electron chi connectivity index (χ3n) is 10.0. The zero-order valence-corrected chi connectivity index (χ0v) is 17.9. The lowest BCUT2D eigenvalue weighted by molar-refractivity contribution is -0.166. The minimum Gasteiger partial charge on any atom is -0.342 e. The fourth-order valence-corrected chi connectivity index (χ4v) is 8.50. The molecule has 2 heteroatoms. The van der Waals surface area contributed by atoms with Crippen molar-refractivity contribution >= 4 is 5.91 Å². The van der Waals surface area contributed by atoms with Gasteiger partial charge in [0.25, 0.3) is 0 Å². The van der Waals surface area contributed by atoms with Crippen LogP contribution in [0.2, 0.25) is 0 Å². The summed E-state index contributed by atoms with van der Waals surface area (Å²) in [7, 11) is 2.08. The quantitative estimate of drug-likeness (QED) is 0.614. The first kappa shape index (κ1) is 18.8. The highest BCUT2D eigenvalue weighted by atomic mass is 16.2. The molecule has 0 N–H and O–H groups in total. The second kappa shape index (κ2) is 6.52. The van der Waals surface area contributed by atoms with Crippen LogP contribution in [0.25, 0.3) is 0 Å². The Morgan fingerprint density at radius 3 is 2.54 bits per heavy atom. The molecule has 0 spiro atoms. The smallest absolute Gasteiger partial charge is 0.222 e. The molecule has 0 aromatic rings. The van der Waals surface area contributed by atoms with E-state index in [1.807, 2.05) is 0 Å². The van der Waals surface area contributed by atoms with E-state index in [2.05, 4.69) is 39.6 Å². The maximum Gasteiger partial charge on any atom is 0.222 e. The summed E-state index contributed by atoms with van der Waals surface area (Å²) < 4.78 is 0. The summed E-state index contributed by atoms with van der Waals surface area (Å²) in [4.78, 5) is 14.5. The lowest BCUT2D eigenvalue weighted by Crippen LogP contribution is -2.63. The number of rotatable bonds is 3. The van der Waals surface area contributed by atoms with E-state index >= 15 is 0 Å². The third kappa shape index (κ3) is 2.53. The summed E-state index contributed by atoms with van der Waals surface area (Å²) in [6, 6.07) is 0.488. The van der Waals surface area contributed by atoms with Gasteiger partial charge in [0, 0.05) is 19.5 Å². The number of hydrogen-bond donors (Lipinski definition) is 0. The molecule has 1 aliphatic heterocycles. The van der Waals surface area contributed by atoms with Crippen LogP contribution in [0.15, 0.2) is 0 Å². The van der Waals surface area contributed by atoms with E-state index in [1.54, 1.807) is 0 Å². The highest BCUT2D eigenvalue weighted by Gasteiger charge is 2.62.